The van der Waals surface area contributed by atoms with Gasteiger partial charge in [0.1, 0.15) is 11.4 Å². The summed E-state index contributed by atoms with van der Waals surface area (Å²) in [4.78, 5) is 18.9. The number of ether oxygens (including phenoxy) is 1. The highest BCUT2D eigenvalue weighted by Crippen LogP contribution is 2.39. The fourth-order valence-electron chi connectivity index (χ4n) is 4.12. The second-order valence-corrected chi connectivity index (χ2v) is 8.16. The molecular formula is C19H29N3O2. The first-order valence-electron chi connectivity index (χ1n) is 8.99. The number of nitrogens with zero attached hydrogens (tertiary/aromatic N) is 2. The minimum absolute atomic E-state index is 0.173. The summed E-state index contributed by atoms with van der Waals surface area (Å²) >= 11 is 0. The SMILES string of the molecule is C[C@@H]1CC(c2ccnc3c2CCN3)C[C@H](C)N1C(=O)OC(C)(C)C. The number of carbonyl (C=O) groups excluding carboxylic acids is 1. The van der Waals surface area contributed by atoms with Crippen molar-refractivity contribution >= 4 is 11.9 Å². The van der Waals surface area contributed by atoms with E-state index in [4.69, 9.17) is 4.74 Å². The van der Waals surface area contributed by atoms with Crippen LogP contribution >= 0.6 is 0 Å². The molecule has 3 rings (SSSR count). The van der Waals surface area contributed by atoms with E-state index < -0.39 is 5.60 Å². The monoisotopic (exact) mass is 331 g/mol. The van der Waals surface area contributed by atoms with Gasteiger partial charge in [0.25, 0.3) is 0 Å². The molecule has 2 aliphatic heterocycles. The summed E-state index contributed by atoms with van der Waals surface area (Å²) in [5.74, 6) is 1.52. The van der Waals surface area contributed by atoms with Crippen molar-refractivity contribution in [1.82, 2.24) is 9.88 Å². The molecule has 0 bridgehead atoms. The molecule has 5 nitrogen and oxygen atoms in total. The van der Waals surface area contributed by atoms with Gasteiger partial charge in [-0.25, -0.2) is 9.78 Å². The van der Waals surface area contributed by atoms with Gasteiger partial charge in [0.15, 0.2) is 0 Å². The van der Waals surface area contributed by atoms with Crippen molar-refractivity contribution in [3.8, 4) is 0 Å². The number of hydrogen-bond acceptors (Lipinski definition) is 4. The molecule has 3 heterocycles. The van der Waals surface area contributed by atoms with Crippen molar-refractivity contribution < 1.29 is 9.53 Å². The van der Waals surface area contributed by atoms with Gasteiger partial charge in [-0.15, -0.1) is 0 Å². The summed E-state index contributed by atoms with van der Waals surface area (Å²) in [5.41, 5.74) is 2.32. The standard InChI is InChI=1S/C19H29N3O2/c1-12-10-14(15-6-8-20-17-16(15)7-9-21-17)11-13(2)22(12)18(23)24-19(3,4)5/h6,8,12-14H,7,9-11H2,1-5H3,(H,20,21)/t12-,13+,14?. The number of hydrogen-bond donors (Lipinski definition) is 1. The average Bonchev–Trinajstić information content (AvgIpc) is 2.92. The summed E-state index contributed by atoms with van der Waals surface area (Å²) in [7, 11) is 0. The molecule has 0 aromatic carbocycles. The topological polar surface area (TPSA) is 54.5 Å². The summed E-state index contributed by atoms with van der Waals surface area (Å²) in [6.45, 7) is 11.0. The molecule has 5 heteroatoms. The van der Waals surface area contributed by atoms with E-state index in [9.17, 15) is 4.79 Å². The Kier molecular flexibility index (Phi) is 4.45. The van der Waals surface area contributed by atoms with Crippen LogP contribution in [0.2, 0.25) is 0 Å². The maximum absolute atomic E-state index is 12.5. The van der Waals surface area contributed by atoms with Crippen molar-refractivity contribution in [3.05, 3.63) is 23.4 Å². The van der Waals surface area contributed by atoms with Crippen molar-refractivity contribution in [2.24, 2.45) is 0 Å². The predicted octanol–water partition coefficient (Wildman–Crippen LogP) is 3.94. The Balaban J connectivity index is 1.77. The highest BCUT2D eigenvalue weighted by molar-refractivity contribution is 5.69. The molecule has 0 aliphatic carbocycles. The second kappa shape index (κ2) is 6.26. The van der Waals surface area contributed by atoms with Crippen molar-refractivity contribution in [2.75, 3.05) is 11.9 Å². The maximum atomic E-state index is 12.5. The Morgan fingerprint density at radius 2 is 1.96 bits per heavy atom. The van der Waals surface area contributed by atoms with E-state index in [0.29, 0.717) is 5.92 Å². The Hall–Kier alpha value is -1.78. The van der Waals surface area contributed by atoms with E-state index in [-0.39, 0.29) is 18.2 Å². The van der Waals surface area contributed by atoms with E-state index >= 15 is 0 Å². The van der Waals surface area contributed by atoms with Crippen molar-refractivity contribution in [2.45, 2.75) is 77.5 Å². The van der Waals surface area contributed by atoms with Gasteiger partial charge in [-0.05, 0) is 77.0 Å². The normalized spacial score (nSPS) is 26.7. The van der Waals surface area contributed by atoms with Crippen LogP contribution in [0.15, 0.2) is 12.3 Å². The molecule has 132 valence electrons. The van der Waals surface area contributed by atoms with Gasteiger partial charge in [0.2, 0.25) is 0 Å². The zero-order valence-corrected chi connectivity index (χ0v) is 15.4. The van der Waals surface area contributed by atoms with E-state index in [1.807, 2.05) is 31.9 Å². The highest BCUT2D eigenvalue weighted by atomic mass is 16.6. The number of anilines is 1. The lowest BCUT2D eigenvalue weighted by Gasteiger charge is -2.43. The molecule has 1 unspecified atom stereocenters. The van der Waals surface area contributed by atoms with Crippen LogP contribution in [0.25, 0.3) is 0 Å². The Labute approximate surface area is 144 Å². The molecule has 0 spiro atoms. The molecule has 2 aliphatic rings. The summed E-state index contributed by atoms with van der Waals surface area (Å²) in [6.07, 6.45) is 4.71. The minimum atomic E-state index is -0.453. The molecule has 0 saturated carbocycles. The number of aromatic nitrogens is 1. The van der Waals surface area contributed by atoms with Gasteiger partial charge >= 0.3 is 6.09 Å². The summed E-state index contributed by atoms with van der Waals surface area (Å²) < 4.78 is 5.60. The lowest BCUT2D eigenvalue weighted by molar-refractivity contribution is -0.00257. The van der Waals surface area contributed by atoms with Crippen LogP contribution in [0.1, 0.15) is 64.5 Å². The first-order valence-corrected chi connectivity index (χ1v) is 8.99. The molecule has 1 saturated heterocycles. The van der Waals surface area contributed by atoms with E-state index in [1.54, 1.807) is 0 Å². The summed E-state index contributed by atoms with van der Waals surface area (Å²) in [6, 6.07) is 2.51. The third-order valence-electron chi connectivity index (χ3n) is 5.00. The number of fused-ring (bicyclic) bond motifs is 1. The predicted molar refractivity (Wildman–Crippen MR) is 95.4 cm³/mol. The quantitative estimate of drug-likeness (QED) is 0.847. The van der Waals surface area contributed by atoms with E-state index in [1.165, 1.54) is 11.1 Å². The Bertz CT molecular complexity index is 612. The first kappa shape index (κ1) is 17.1. The Morgan fingerprint density at radius 3 is 2.58 bits per heavy atom. The van der Waals surface area contributed by atoms with Crippen LogP contribution in [0, 0.1) is 0 Å². The van der Waals surface area contributed by atoms with Gasteiger partial charge in [-0.2, -0.15) is 0 Å². The van der Waals surface area contributed by atoms with Crippen LogP contribution in [0.3, 0.4) is 0 Å². The highest BCUT2D eigenvalue weighted by Gasteiger charge is 2.37. The molecular weight excluding hydrogens is 302 g/mol. The molecule has 3 atom stereocenters. The molecule has 1 aromatic rings. The zero-order chi connectivity index (χ0) is 17.5. The van der Waals surface area contributed by atoms with Crippen LogP contribution in [0.4, 0.5) is 10.6 Å². The number of amides is 1. The number of pyridine rings is 1. The van der Waals surface area contributed by atoms with Gasteiger partial charge in [0, 0.05) is 24.8 Å². The third-order valence-corrected chi connectivity index (χ3v) is 5.00. The van der Waals surface area contributed by atoms with Crippen molar-refractivity contribution in [3.63, 3.8) is 0 Å². The lowest BCUT2D eigenvalue weighted by atomic mass is 9.81. The fraction of sp³-hybridized carbons (Fsp3) is 0.684. The van der Waals surface area contributed by atoms with E-state index in [0.717, 1.165) is 31.6 Å². The number of nitrogens with one attached hydrogen (secondary N) is 1. The first-order chi connectivity index (χ1) is 11.3. The number of carbonyl (C=O) groups is 1. The van der Waals surface area contributed by atoms with Crippen molar-refractivity contribution in [1.29, 1.82) is 0 Å². The smallest absolute Gasteiger partial charge is 0.410 e. The number of likely N-dealkylation sites (tertiary alicyclic amines) is 1. The van der Waals surface area contributed by atoms with Gasteiger partial charge in [0.05, 0.1) is 0 Å². The fourth-order valence-corrected chi connectivity index (χ4v) is 4.12. The van der Waals surface area contributed by atoms with E-state index in [2.05, 4.69) is 30.2 Å². The molecule has 24 heavy (non-hydrogen) atoms. The Morgan fingerprint density at radius 1 is 1.29 bits per heavy atom. The minimum Gasteiger partial charge on any atom is -0.444 e. The molecule has 1 N–H and O–H groups in total. The van der Waals surface area contributed by atoms with Gasteiger partial charge in [-0.3, -0.25) is 0 Å². The largest absolute Gasteiger partial charge is 0.444 e. The van der Waals surface area contributed by atoms with Gasteiger partial charge in [-0.1, -0.05) is 0 Å². The lowest BCUT2D eigenvalue weighted by Crippen LogP contribution is -2.51. The number of rotatable bonds is 1. The molecule has 0 radical (unpaired) electrons. The molecule has 1 aromatic heterocycles. The van der Waals surface area contributed by atoms with Crippen LogP contribution < -0.4 is 5.32 Å². The van der Waals surface area contributed by atoms with Crippen LogP contribution in [0.5, 0.6) is 0 Å². The summed E-state index contributed by atoms with van der Waals surface area (Å²) in [5, 5.41) is 3.36. The average molecular weight is 331 g/mol. The van der Waals surface area contributed by atoms with Crippen LogP contribution in [-0.2, 0) is 11.2 Å². The molecule has 1 fully saturated rings. The molecule has 1 amide bonds. The maximum Gasteiger partial charge on any atom is 0.410 e. The zero-order valence-electron chi connectivity index (χ0n) is 15.4. The number of piperidine rings is 1. The third kappa shape index (κ3) is 3.35. The second-order valence-electron chi connectivity index (χ2n) is 8.16. The van der Waals surface area contributed by atoms with Crippen LogP contribution in [-0.4, -0.2) is 40.2 Å². The van der Waals surface area contributed by atoms with Gasteiger partial charge < -0.3 is 15.0 Å².